The fraction of sp³-hybridized carbons (Fsp3) is 0.385. The first-order valence-corrected chi connectivity index (χ1v) is 5.83. The minimum atomic E-state index is -0.515. The molecule has 0 aliphatic rings. The Balaban J connectivity index is 3.05. The van der Waals surface area contributed by atoms with Crippen molar-refractivity contribution in [2.24, 2.45) is 5.73 Å². The van der Waals surface area contributed by atoms with Crippen LogP contribution in [0.1, 0.15) is 24.2 Å². The maximum absolute atomic E-state index is 12.4. The van der Waals surface area contributed by atoms with Crippen molar-refractivity contribution in [3.63, 3.8) is 0 Å². The Labute approximate surface area is 107 Å². The van der Waals surface area contributed by atoms with Gasteiger partial charge in [-0.3, -0.25) is 9.59 Å². The Morgan fingerprint density at radius 1 is 1.33 bits per heavy atom. The lowest BCUT2D eigenvalue weighted by atomic mass is 10.1. The molecule has 1 aromatic carbocycles. The van der Waals surface area contributed by atoms with Crippen molar-refractivity contribution in [1.29, 1.82) is 0 Å². The molecule has 3 N–H and O–H groups in total. The molecular formula is C13H19N3O2. The van der Waals surface area contributed by atoms with Gasteiger partial charge in [0.05, 0.1) is 12.1 Å². The van der Waals surface area contributed by atoms with E-state index >= 15 is 0 Å². The lowest BCUT2D eigenvalue weighted by Gasteiger charge is -2.26. The smallest absolute Gasteiger partial charge is 0.256 e. The van der Waals surface area contributed by atoms with Gasteiger partial charge < -0.3 is 16.0 Å². The SMILES string of the molecule is CNc1ccccc1C(=O)N(CC(N)=O)C(C)C. The molecule has 0 aliphatic carbocycles. The summed E-state index contributed by atoms with van der Waals surface area (Å²) in [5, 5.41) is 2.96. The first-order chi connectivity index (χ1) is 8.47. The van der Waals surface area contributed by atoms with Crippen molar-refractivity contribution in [1.82, 2.24) is 4.90 Å². The quantitative estimate of drug-likeness (QED) is 0.819. The number of para-hydroxylation sites is 1. The van der Waals surface area contributed by atoms with Crippen LogP contribution < -0.4 is 11.1 Å². The maximum Gasteiger partial charge on any atom is 0.256 e. The van der Waals surface area contributed by atoms with Crippen molar-refractivity contribution in [2.45, 2.75) is 19.9 Å². The van der Waals surface area contributed by atoms with E-state index in [9.17, 15) is 9.59 Å². The third kappa shape index (κ3) is 3.23. The molecule has 0 aliphatic heterocycles. The molecular weight excluding hydrogens is 230 g/mol. The van der Waals surface area contributed by atoms with Gasteiger partial charge in [-0.25, -0.2) is 0 Å². The third-order valence-electron chi connectivity index (χ3n) is 2.64. The van der Waals surface area contributed by atoms with Gasteiger partial charge >= 0.3 is 0 Å². The summed E-state index contributed by atoms with van der Waals surface area (Å²) in [6.07, 6.45) is 0. The number of nitrogens with two attached hydrogens (primary N) is 1. The number of nitrogens with one attached hydrogen (secondary N) is 1. The lowest BCUT2D eigenvalue weighted by Crippen LogP contribution is -2.42. The number of rotatable bonds is 5. The highest BCUT2D eigenvalue weighted by atomic mass is 16.2. The minimum Gasteiger partial charge on any atom is -0.387 e. The van der Waals surface area contributed by atoms with Crippen LogP contribution in [0.4, 0.5) is 5.69 Å². The highest BCUT2D eigenvalue weighted by Crippen LogP contribution is 2.17. The van der Waals surface area contributed by atoms with Crippen molar-refractivity contribution in [2.75, 3.05) is 18.9 Å². The summed E-state index contributed by atoms with van der Waals surface area (Å²) in [6, 6.07) is 7.09. The lowest BCUT2D eigenvalue weighted by molar-refractivity contribution is -0.119. The molecule has 5 heteroatoms. The Morgan fingerprint density at radius 2 is 1.94 bits per heavy atom. The number of benzene rings is 1. The maximum atomic E-state index is 12.4. The molecule has 0 bridgehead atoms. The fourth-order valence-electron chi connectivity index (χ4n) is 1.70. The standard InChI is InChI=1S/C13H19N3O2/c1-9(2)16(8-12(14)17)13(18)10-6-4-5-7-11(10)15-3/h4-7,9,15H,8H2,1-3H3,(H2,14,17). The summed E-state index contributed by atoms with van der Waals surface area (Å²) in [5.41, 5.74) is 6.44. The number of hydrogen-bond acceptors (Lipinski definition) is 3. The number of carbonyl (C=O) groups excluding carboxylic acids is 2. The van der Waals surface area contributed by atoms with Gasteiger partial charge in [0.25, 0.3) is 5.91 Å². The van der Waals surface area contributed by atoms with Gasteiger partial charge in [-0.15, -0.1) is 0 Å². The average Bonchev–Trinajstić information content (AvgIpc) is 2.34. The topological polar surface area (TPSA) is 75.4 Å². The average molecular weight is 249 g/mol. The van der Waals surface area contributed by atoms with Gasteiger partial charge in [-0.1, -0.05) is 12.1 Å². The molecule has 0 heterocycles. The van der Waals surface area contributed by atoms with E-state index in [4.69, 9.17) is 5.73 Å². The van der Waals surface area contributed by atoms with Crippen molar-refractivity contribution in [3.8, 4) is 0 Å². The fourth-order valence-corrected chi connectivity index (χ4v) is 1.70. The molecule has 0 fully saturated rings. The van der Waals surface area contributed by atoms with Crippen LogP contribution in [0, 0.1) is 0 Å². The van der Waals surface area contributed by atoms with Gasteiger partial charge in [-0.2, -0.15) is 0 Å². The molecule has 98 valence electrons. The Hall–Kier alpha value is -2.04. The summed E-state index contributed by atoms with van der Waals surface area (Å²) in [5.74, 6) is -0.715. The Morgan fingerprint density at radius 3 is 2.44 bits per heavy atom. The van der Waals surface area contributed by atoms with Crippen LogP contribution in [0.25, 0.3) is 0 Å². The number of amides is 2. The van der Waals surface area contributed by atoms with E-state index in [0.717, 1.165) is 5.69 Å². The summed E-state index contributed by atoms with van der Waals surface area (Å²) < 4.78 is 0. The molecule has 0 spiro atoms. The molecule has 0 saturated carbocycles. The zero-order valence-electron chi connectivity index (χ0n) is 10.9. The van der Waals surface area contributed by atoms with Crippen LogP contribution in [0.5, 0.6) is 0 Å². The minimum absolute atomic E-state index is 0.0749. The highest BCUT2D eigenvalue weighted by molar-refractivity contribution is 6.01. The van der Waals surface area contributed by atoms with Crippen LogP contribution in [-0.2, 0) is 4.79 Å². The summed E-state index contributed by atoms with van der Waals surface area (Å²) in [4.78, 5) is 24.9. The van der Waals surface area contributed by atoms with E-state index in [0.29, 0.717) is 5.56 Å². The summed E-state index contributed by atoms with van der Waals surface area (Å²) in [7, 11) is 1.75. The summed E-state index contributed by atoms with van der Waals surface area (Å²) >= 11 is 0. The first kappa shape index (κ1) is 14.0. The molecule has 2 amide bonds. The Bertz CT molecular complexity index is 444. The molecule has 5 nitrogen and oxygen atoms in total. The predicted octanol–water partition coefficient (Wildman–Crippen LogP) is 1.06. The van der Waals surface area contributed by atoms with E-state index in [2.05, 4.69) is 5.32 Å². The summed E-state index contributed by atoms with van der Waals surface area (Å²) in [6.45, 7) is 3.63. The normalized spacial score (nSPS) is 10.2. The van der Waals surface area contributed by atoms with Crippen LogP contribution in [0.2, 0.25) is 0 Å². The van der Waals surface area contributed by atoms with Gasteiger partial charge in [0.2, 0.25) is 5.91 Å². The van der Waals surface area contributed by atoms with E-state index in [1.165, 1.54) is 4.90 Å². The predicted molar refractivity (Wildman–Crippen MR) is 71.4 cm³/mol. The number of anilines is 1. The Kier molecular flexibility index (Phi) is 4.71. The van der Waals surface area contributed by atoms with Gasteiger partial charge in [0.1, 0.15) is 0 Å². The van der Waals surface area contributed by atoms with Gasteiger partial charge in [-0.05, 0) is 26.0 Å². The monoisotopic (exact) mass is 249 g/mol. The van der Waals surface area contributed by atoms with Gasteiger partial charge in [0.15, 0.2) is 0 Å². The molecule has 0 aromatic heterocycles. The molecule has 1 aromatic rings. The van der Waals surface area contributed by atoms with Gasteiger partial charge in [0, 0.05) is 18.8 Å². The second kappa shape index (κ2) is 6.05. The molecule has 1 rings (SSSR count). The van der Waals surface area contributed by atoms with E-state index < -0.39 is 5.91 Å². The van der Waals surface area contributed by atoms with Crippen LogP contribution in [-0.4, -0.2) is 36.3 Å². The zero-order valence-corrected chi connectivity index (χ0v) is 10.9. The molecule has 0 saturated heterocycles. The number of primary amides is 1. The zero-order chi connectivity index (χ0) is 13.7. The molecule has 0 radical (unpaired) electrons. The molecule has 18 heavy (non-hydrogen) atoms. The molecule has 0 unspecified atom stereocenters. The van der Waals surface area contributed by atoms with E-state index in [1.807, 2.05) is 26.0 Å². The van der Waals surface area contributed by atoms with Crippen LogP contribution >= 0.6 is 0 Å². The first-order valence-electron chi connectivity index (χ1n) is 5.83. The largest absolute Gasteiger partial charge is 0.387 e. The second-order valence-electron chi connectivity index (χ2n) is 4.29. The molecule has 0 atom stereocenters. The number of carbonyl (C=O) groups is 2. The van der Waals surface area contributed by atoms with Crippen molar-refractivity contribution >= 4 is 17.5 Å². The van der Waals surface area contributed by atoms with Crippen LogP contribution in [0.3, 0.4) is 0 Å². The van der Waals surface area contributed by atoms with E-state index in [-0.39, 0.29) is 18.5 Å². The van der Waals surface area contributed by atoms with E-state index in [1.54, 1.807) is 19.2 Å². The second-order valence-corrected chi connectivity index (χ2v) is 4.29. The highest BCUT2D eigenvalue weighted by Gasteiger charge is 2.22. The number of hydrogen-bond donors (Lipinski definition) is 2. The van der Waals surface area contributed by atoms with Crippen molar-refractivity contribution < 1.29 is 9.59 Å². The number of nitrogens with zero attached hydrogens (tertiary/aromatic N) is 1. The third-order valence-corrected chi connectivity index (χ3v) is 2.64. The van der Waals surface area contributed by atoms with Crippen molar-refractivity contribution in [3.05, 3.63) is 29.8 Å². The van der Waals surface area contributed by atoms with Crippen LogP contribution in [0.15, 0.2) is 24.3 Å².